The number of amides is 2. The maximum absolute atomic E-state index is 12.5. The molecule has 23 heavy (non-hydrogen) atoms. The standard InChI is InChI=1S/C14H10Cl2N2O5/c15-6-1-2-8-9(3-6)14(21)17(13(8)20)11-5-7(18(22)23)4-10(16)12(11)19/h1,4-5,8-9,19H,2-3H2/p-1/t8-,9+/m1/s1. The third-order valence-electron chi connectivity index (χ3n) is 4.03. The predicted molar refractivity (Wildman–Crippen MR) is 80.2 cm³/mol. The van der Waals surface area contributed by atoms with Crippen molar-refractivity contribution in [3.63, 3.8) is 0 Å². The van der Waals surface area contributed by atoms with Gasteiger partial charge in [0, 0.05) is 22.2 Å². The first-order valence-corrected chi connectivity index (χ1v) is 7.44. The second-order valence-electron chi connectivity index (χ2n) is 5.35. The first-order valence-electron chi connectivity index (χ1n) is 6.68. The lowest BCUT2D eigenvalue weighted by molar-refractivity contribution is -0.385. The molecule has 0 bridgehead atoms. The summed E-state index contributed by atoms with van der Waals surface area (Å²) in [5, 5.41) is 23.1. The van der Waals surface area contributed by atoms with Gasteiger partial charge in [-0.05, 0) is 12.8 Å². The Morgan fingerprint density at radius 3 is 2.48 bits per heavy atom. The fraction of sp³-hybridized carbons (Fsp3) is 0.286. The molecule has 0 radical (unpaired) electrons. The van der Waals surface area contributed by atoms with Crippen LogP contribution in [0.25, 0.3) is 0 Å². The molecule has 0 saturated carbocycles. The lowest BCUT2D eigenvalue weighted by atomic mass is 9.85. The van der Waals surface area contributed by atoms with Crippen LogP contribution in [-0.2, 0) is 9.59 Å². The molecule has 2 amide bonds. The van der Waals surface area contributed by atoms with Crippen LogP contribution < -0.4 is 10.0 Å². The zero-order chi connectivity index (χ0) is 16.9. The number of hydrogen-bond acceptors (Lipinski definition) is 5. The largest absolute Gasteiger partial charge is 0.870 e. The molecule has 1 saturated heterocycles. The van der Waals surface area contributed by atoms with E-state index in [0.29, 0.717) is 16.4 Å². The van der Waals surface area contributed by atoms with E-state index in [2.05, 4.69) is 0 Å². The summed E-state index contributed by atoms with van der Waals surface area (Å²) >= 11 is 11.6. The zero-order valence-electron chi connectivity index (χ0n) is 11.5. The number of hydrogen-bond donors (Lipinski definition) is 0. The quantitative estimate of drug-likeness (QED) is 0.460. The average molecular weight is 356 g/mol. The minimum absolute atomic E-state index is 0.212. The Hall–Kier alpha value is -2.12. The first kappa shape index (κ1) is 15.8. The van der Waals surface area contributed by atoms with Crippen LogP contribution in [0.15, 0.2) is 23.2 Å². The third-order valence-corrected chi connectivity index (χ3v) is 4.62. The van der Waals surface area contributed by atoms with Crippen LogP contribution in [0.4, 0.5) is 11.4 Å². The number of allylic oxidation sites excluding steroid dienone is 2. The molecule has 7 nitrogen and oxygen atoms in total. The Morgan fingerprint density at radius 2 is 1.83 bits per heavy atom. The SMILES string of the molecule is O=C1[C@H]2CC(Cl)=CC[C@H]2C(=O)N1c1cc([N+](=O)[O-])cc(Cl)c1[O-]. The van der Waals surface area contributed by atoms with Crippen molar-refractivity contribution in [2.75, 3.05) is 4.90 Å². The van der Waals surface area contributed by atoms with Gasteiger partial charge >= 0.3 is 0 Å². The number of imide groups is 1. The second-order valence-corrected chi connectivity index (χ2v) is 6.24. The third kappa shape index (κ3) is 2.46. The van der Waals surface area contributed by atoms with E-state index < -0.39 is 45.0 Å². The number of nitro groups is 1. The molecule has 0 aromatic heterocycles. The molecule has 1 aliphatic heterocycles. The van der Waals surface area contributed by atoms with Gasteiger partial charge in [0.1, 0.15) is 0 Å². The summed E-state index contributed by atoms with van der Waals surface area (Å²) in [7, 11) is 0. The fourth-order valence-electron chi connectivity index (χ4n) is 2.90. The molecule has 0 N–H and O–H groups in total. The van der Waals surface area contributed by atoms with E-state index in [1.807, 2.05) is 0 Å². The number of benzene rings is 1. The Labute approximate surface area is 140 Å². The summed E-state index contributed by atoms with van der Waals surface area (Å²) in [6, 6.07) is 1.79. The summed E-state index contributed by atoms with van der Waals surface area (Å²) in [6.45, 7) is 0. The van der Waals surface area contributed by atoms with Crippen molar-refractivity contribution in [3.05, 3.63) is 38.4 Å². The van der Waals surface area contributed by atoms with Crippen molar-refractivity contribution in [1.29, 1.82) is 0 Å². The maximum atomic E-state index is 12.5. The summed E-state index contributed by atoms with van der Waals surface area (Å²) in [6.07, 6.45) is 2.17. The predicted octanol–water partition coefficient (Wildman–Crippen LogP) is 2.34. The number of nitrogens with zero attached hydrogens (tertiary/aromatic N) is 2. The highest BCUT2D eigenvalue weighted by Crippen LogP contribution is 2.44. The van der Waals surface area contributed by atoms with E-state index in [9.17, 15) is 24.8 Å². The molecule has 2 atom stereocenters. The van der Waals surface area contributed by atoms with Gasteiger partial charge in [0.25, 0.3) is 5.69 Å². The van der Waals surface area contributed by atoms with Gasteiger partial charge in [-0.25, -0.2) is 0 Å². The van der Waals surface area contributed by atoms with Crippen molar-refractivity contribution in [3.8, 4) is 5.75 Å². The zero-order valence-corrected chi connectivity index (χ0v) is 13.0. The van der Waals surface area contributed by atoms with E-state index in [-0.39, 0.29) is 12.1 Å². The molecule has 1 aliphatic carbocycles. The smallest absolute Gasteiger partial charge is 0.272 e. The van der Waals surface area contributed by atoms with Crippen molar-refractivity contribution in [2.45, 2.75) is 12.8 Å². The number of non-ortho nitro benzene ring substituents is 1. The molecule has 1 aromatic rings. The van der Waals surface area contributed by atoms with Crippen molar-refractivity contribution in [2.24, 2.45) is 11.8 Å². The number of rotatable bonds is 2. The van der Waals surface area contributed by atoms with Crippen LogP contribution >= 0.6 is 23.2 Å². The number of carbonyl (C=O) groups excluding carboxylic acids is 2. The minimum atomic E-state index is -0.795. The maximum Gasteiger partial charge on any atom is 0.272 e. The number of halogens is 2. The minimum Gasteiger partial charge on any atom is -0.870 e. The Kier molecular flexibility index (Phi) is 3.77. The summed E-state index contributed by atoms with van der Waals surface area (Å²) in [5.74, 6) is -3.20. The lowest BCUT2D eigenvalue weighted by Gasteiger charge is -2.22. The molecular formula is C14H9Cl2N2O5-. The van der Waals surface area contributed by atoms with E-state index >= 15 is 0 Å². The van der Waals surface area contributed by atoms with Crippen molar-refractivity contribution >= 4 is 46.4 Å². The molecule has 3 rings (SSSR count). The molecule has 9 heteroatoms. The molecule has 0 unspecified atom stereocenters. The number of fused-ring (bicyclic) bond motifs is 1. The van der Waals surface area contributed by atoms with Crippen LogP contribution in [0, 0.1) is 22.0 Å². The van der Waals surface area contributed by atoms with E-state index in [4.69, 9.17) is 23.2 Å². The molecule has 1 fully saturated rings. The number of nitro benzene ring substituents is 1. The summed E-state index contributed by atoms with van der Waals surface area (Å²) in [4.78, 5) is 35.9. The van der Waals surface area contributed by atoms with Crippen LogP contribution in [0.2, 0.25) is 5.02 Å². The summed E-state index contributed by atoms with van der Waals surface area (Å²) < 4.78 is 0. The molecule has 1 heterocycles. The van der Waals surface area contributed by atoms with Gasteiger partial charge in [-0.3, -0.25) is 24.6 Å². The van der Waals surface area contributed by atoms with Gasteiger partial charge in [0.05, 0.1) is 22.4 Å². The highest BCUT2D eigenvalue weighted by Gasteiger charge is 2.49. The summed E-state index contributed by atoms with van der Waals surface area (Å²) in [5.41, 5.74) is -0.846. The normalized spacial score (nSPS) is 23.7. The fourth-order valence-corrected chi connectivity index (χ4v) is 3.37. The van der Waals surface area contributed by atoms with Crippen LogP contribution in [0.5, 0.6) is 5.75 Å². The van der Waals surface area contributed by atoms with Crippen LogP contribution in [-0.4, -0.2) is 16.7 Å². The van der Waals surface area contributed by atoms with Gasteiger partial charge in [-0.15, -0.1) is 0 Å². The van der Waals surface area contributed by atoms with Gasteiger partial charge in [-0.1, -0.05) is 35.0 Å². The molecule has 1 aromatic carbocycles. The monoisotopic (exact) mass is 355 g/mol. The van der Waals surface area contributed by atoms with Crippen molar-refractivity contribution in [1.82, 2.24) is 0 Å². The molecule has 0 spiro atoms. The highest BCUT2D eigenvalue weighted by atomic mass is 35.5. The second kappa shape index (κ2) is 5.50. The lowest BCUT2D eigenvalue weighted by Crippen LogP contribution is -2.31. The van der Waals surface area contributed by atoms with Crippen LogP contribution in [0.3, 0.4) is 0 Å². The van der Waals surface area contributed by atoms with Gasteiger partial charge in [0.2, 0.25) is 11.8 Å². The number of carbonyl (C=O) groups is 2. The molecule has 120 valence electrons. The van der Waals surface area contributed by atoms with Gasteiger partial charge in [0.15, 0.2) is 0 Å². The van der Waals surface area contributed by atoms with E-state index in [1.54, 1.807) is 6.08 Å². The Balaban J connectivity index is 2.08. The highest BCUT2D eigenvalue weighted by molar-refractivity contribution is 6.34. The van der Waals surface area contributed by atoms with Gasteiger partial charge < -0.3 is 5.11 Å². The van der Waals surface area contributed by atoms with E-state index in [0.717, 1.165) is 12.1 Å². The first-order chi connectivity index (χ1) is 10.8. The number of anilines is 1. The molecular weight excluding hydrogens is 347 g/mol. The molecule has 2 aliphatic rings. The van der Waals surface area contributed by atoms with Crippen molar-refractivity contribution < 1.29 is 19.6 Å². The Bertz CT molecular complexity index is 777. The van der Waals surface area contributed by atoms with E-state index in [1.165, 1.54) is 0 Å². The van der Waals surface area contributed by atoms with Crippen LogP contribution in [0.1, 0.15) is 12.8 Å². The topological polar surface area (TPSA) is 104 Å². The van der Waals surface area contributed by atoms with Gasteiger partial charge in [-0.2, -0.15) is 0 Å². The average Bonchev–Trinajstić information content (AvgIpc) is 2.73. The Morgan fingerprint density at radius 1 is 1.17 bits per heavy atom.